The first-order chi connectivity index (χ1) is 11.2. The van der Waals surface area contributed by atoms with Gasteiger partial charge in [-0.05, 0) is 31.2 Å². The third-order valence-corrected chi connectivity index (χ3v) is 4.69. The summed E-state index contributed by atoms with van der Waals surface area (Å²) in [6.45, 7) is 1.59. The smallest absolute Gasteiger partial charge is 0.266 e. The highest BCUT2D eigenvalue weighted by Crippen LogP contribution is 2.22. The third kappa shape index (κ3) is 4.62. The van der Waals surface area contributed by atoms with E-state index in [9.17, 15) is 18.0 Å². The fourth-order valence-corrected chi connectivity index (χ4v) is 3.27. The van der Waals surface area contributed by atoms with Crippen molar-refractivity contribution in [3.63, 3.8) is 0 Å². The molecule has 0 fully saturated rings. The number of sulfonamides is 1. The topological polar surface area (TPSA) is 119 Å². The minimum Gasteiger partial charge on any atom is -0.369 e. The van der Waals surface area contributed by atoms with Crippen molar-refractivity contribution in [2.45, 2.75) is 6.92 Å². The van der Waals surface area contributed by atoms with Crippen molar-refractivity contribution >= 4 is 37.8 Å². The maximum Gasteiger partial charge on any atom is 0.266 e. The molecular weight excluding hydrogens is 398 g/mol. The Balaban J connectivity index is 2.27. The summed E-state index contributed by atoms with van der Waals surface area (Å²) in [5.41, 5.74) is 6.78. The van der Waals surface area contributed by atoms with Crippen molar-refractivity contribution in [1.82, 2.24) is 9.71 Å². The second-order valence-electron chi connectivity index (χ2n) is 5.00. The van der Waals surface area contributed by atoms with Crippen LogP contribution >= 0.6 is 15.9 Å². The lowest BCUT2D eigenvalue weighted by Crippen LogP contribution is -2.37. The molecule has 24 heavy (non-hydrogen) atoms. The first-order valence-corrected chi connectivity index (χ1v) is 9.19. The van der Waals surface area contributed by atoms with Crippen LogP contribution in [0, 0.1) is 6.92 Å². The quantitative estimate of drug-likeness (QED) is 0.769. The van der Waals surface area contributed by atoms with E-state index in [0.717, 1.165) is 10.0 Å². The van der Waals surface area contributed by atoms with Gasteiger partial charge in [-0.2, -0.15) is 0 Å². The van der Waals surface area contributed by atoms with Gasteiger partial charge in [0.15, 0.2) is 0 Å². The van der Waals surface area contributed by atoms with Crippen molar-refractivity contribution in [3.8, 4) is 11.3 Å². The summed E-state index contributed by atoms with van der Waals surface area (Å²) in [4.78, 5) is 27.1. The number of carbonyl (C=O) groups excluding carboxylic acids is 2. The molecule has 0 spiro atoms. The van der Waals surface area contributed by atoms with E-state index in [1.165, 1.54) is 6.07 Å². The predicted octanol–water partition coefficient (Wildman–Crippen LogP) is 1.36. The van der Waals surface area contributed by atoms with E-state index in [4.69, 9.17) is 5.73 Å². The molecule has 2 amide bonds. The number of rotatable bonds is 5. The molecule has 0 saturated carbocycles. The molecule has 1 heterocycles. The Kier molecular flexibility index (Phi) is 5.35. The number of nitrogens with one attached hydrogen (secondary N) is 1. The van der Waals surface area contributed by atoms with E-state index in [1.807, 2.05) is 24.3 Å². The first-order valence-electron chi connectivity index (χ1n) is 6.74. The Labute approximate surface area is 147 Å². The van der Waals surface area contributed by atoms with Crippen molar-refractivity contribution < 1.29 is 18.0 Å². The SMILES string of the molecule is Cc1nc(-c2cccc(Br)c2)ccc1C(=O)NS(=O)(=O)CC(N)=O. The number of benzene rings is 1. The third-order valence-electron chi connectivity index (χ3n) is 3.03. The standard InChI is InChI=1S/C15H14BrN3O4S/c1-9-12(15(21)19-24(22,23)8-14(17)20)5-6-13(18-9)10-3-2-4-11(16)7-10/h2-7H,8H2,1H3,(H2,17,20)(H,19,21). The number of hydrogen-bond donors (Lipinski definition) is 2. The van der Waals surface area contributed by atoms with Crippen molar-refractivity contribution in [2.24, 2.45) is 5.73 Å². The monoisotopic (exact) mass is 411 g/mol. The van der Waals surface area contributed by atoms with Gasteiger partial charge in [-0.15, -0.1) is 0 Å². The van der Waals surface area contributed by atoms with Gasteiger partial charge in [-0.1, -0.05) is 28.1 Å². The van der Waals surface area contributed by atoms with Gasteiger partial charge >= 0.3 is 0 Å². The van der Waals surface area contributed by atoms with Crippen molar-refractivity contribution in [3.05, 3.63) is 52.1 Å². The Hall–Kier alpha value is -2.26. The van der Waals surface area contributed by atoms with Crippen LogP contribution in [0.5, 0.6) is 0 Å². The fraction of sp³-hybridized carbons (Fsp3) is 0.133. The molecule has 0 saturated heterocycles. The number of carbonyl (C=O) groups is 2. The summed E-state index contributed by atoms with van der Waals surface area (Å²) in [5, 5.41) is 0. The molecule has 2 aromatic rings. The van der Waals surface area contributed by atoms with E-state index in [2.05, 4.69) is 20.9 Å². The summed E-state index contributed by atoms with van der Waals surface area (Å²) in [5.74, 6) is -2.86. The molecule has 0 bridgehead atoms. The van der Waals surface area contributed by atoms with Crippen LogP contribution in [0.25, 0.3) is 11.3 Å². The highest BCUT2D eigenvalue weighted by molar-refractivity contribution is 9.10. The molecule has 2 rings (SSSR count). The number of nitrogens with two attached hydrogens (primary N) is 1. The van der Waals surface area contributed by atoms with Crippen LogP contribution in [0.4, 0.5) is 0 Å². The maximum absolute atomic E-state index is 12.1. The first kappa shape index (κ1) is 18.1. The number of amides is 2. The largest absolute Gasteiger partial charge is 0.369 e. The van der Waals surface area contributed by atoms with Gasteiger partial charge < -0.3 is 5.73 Å². The zero-order valence-corrected chi connectivity index (χ0v) is 15.0. The van der Waals surface area contributed by atoms with Crippen molar-refractivity contribution in [2.75, 3.05) is 5.75 Å². The molecule has 9 heteroatoms. The summed E-state index contributed by atoms with van der Waals surface area (Å²) < 4.78 is 25.9. The number of primary amides is 1. The molecule has 0 aliphatic heterocycles. The molecule has 1 aromatic heterocycles. The summed E-state index contributed by atoms with van der Waals surface area (Å²) in [7, 11) is -4.12. The summed E-state index contributed by atoms with van der Waals surface area (Å²) >= 11 is 3.37. The molecule has 3 N–H and O–H groups in total. The minimum atomic E-state index is -4.12. The van der Waals surface area contributed by atoms with Crippen LogP contribution in [0.15, 0.2) is 40.9 Å². The lowest BCUT2D eigenvalue weighted by atomic mass is 10.1. The van der Waals surface area contributed by atoms with Crippen LogP contribution in [0.3, 0.4) is 0 Å². The number of nitrogens with zero attached hydrogens (tertiary/aromatic N) is 1. The number of pyridine rings is 1. The van der Waals surface area contributed by atoms with Crippen LogP contribution in [-0.2, 0) is 14.8 Å². The number of aryl methyl sites for hydroxylation is 1. The van der Waals surface area contributed by atoms with Crippen molar-refractivity contribution in [1.29, 1.82) is 0 Å². The zero-order valence-electron chi connectivity index (χ0n) is 12.6. The second kappa shape index (κ2) is 7.10. The number of aromatic nitrogens is 1. The molecule has 0 unspecified atom stereocenters. The van der Waals surface area contributed by atoms with Crippen LogP contribution < -0.4 is 10.5 Å². The van der Waals surface area contributed by atoms with E-state index >= 15 is 0 Å². The molecule has 1 aromatic carbocycles. The molecular formula is C15H14BrN3O4S. The highest BCUT2D eigenvalue weighted by atomic mass is 79.9. The van der Waals surface area contributed by atoms with Gasteiger partial charge in [0.1, 0.15) is 5.75 Å². The minimum absolute atomic E-state index is 0.0989. The van der Waals surface area contributed by atoms with Gasteiger partial charge in [0.05, 0.1) is 17.0 Å². The molecule has 7 nitrogen and oxygen atoms in total. The highest BCUT2D eigenvalue weighted by Gasteiger charge is 2.20. The predicted molar refractivity (Wildman–Crippen MR) is 92.6 cm³/mol. The summed E-state index contributed by atoms with van der Waals surface area (Å²) in [6.07, 6.45) is 0. The Bertz CT molecular complexity index is 913. The molecule has 0 radical (unpaired) electrons. The second-order valence-corrected chi connectivity index (χ2v) is 7.63. The Morgan fingerprint density at radius 1 is 1.25 bits per heavy atom. The van der Waals surface area contributed by atoms with Gasteiger partial charge in [-0.3, -0.25) is 14.6 Å². The van der Waals surface area contributed by atoms with E-state index in [0.29, 0.717) is 11.4 Å². The molecule has 0 atom stereocenters. The lowest BCUT2D eigenvalue weighted by molar-refractivity contribution is -0.115. The van der Waals surface area contributed by atoms with Crippen LogP contribution in [0.2, 0.25) is 0 Å². The average molecular weight is 412 g/mol. The fourth-order valence-electron chi connectivity index (χ4n) is 2.03. The zero-order chi connectivity index (χ0) is 17.9. The average Bonchev–Trinajstić information content (AvgIpc) is 2.44. The normalized spacial score (nSPS) is 11.1. The Morgan fingerprint density at radius 3 is 2.54 bits per heavy atom. The van der Waals surface area contributed by atoms with E-state index in [1.54, 1.807) is 17.7 Å². The van der Waals surface area contributed by atoms with Crippen LogP contribution in [0.1, 0.15) is 16.1 Å². The van der Waals surface area contributed by atoms with E-state index in [-0.39, 0.29) is 5.56 Å². The van der Waals surface area contributed by atoms with Gasteiger partial charge in [0.2, 0.25) is 15.9 Å². The number of hydrogen-bond acceptors (Lipinski definition) is 5. The molecule has 0 aliphatic rings. The lowest BCUT2D eigenvalue weighted by Gasteiger charge is -2.09. The van der Waals surface area contributed by atoms with E-state index < -0.39 is 27.6 Å². The Morgan fingerprint density at radius 2 is 1.96 bits per heavy atom. The van der Waals surface area contributed by atoms with Gasteiger partial charge in [0, 0.05) is 10.0 Å². The van der Waals surface area contributed by atoms with Gasteiger partial charge in [0.25, 0.3) is 5.91 Å². The molecule has 126 valence electrons. The summed E-state index contributed by atoms with van der Waals surface area (Å²) in [6, 6.07) is 10.6. The molecule has 0 aliphatic carbocycles. The maximum atomic E-state index is 12.1. The van der Waals surface area contributed by atoms with Crippen LogP contribution in [-0.4, -0.2) is 31.0 Å². The van der Waals surface area contributed by atoms with Gasteiger partial charge in [-0.25, -0.2) is 13.1 Å². The number of halogens is 1.